The fraction of sp³-hybridized carbons (Fsp3) is 0.321. The van der Waals surface area contributed by atoms with Crippen LogP contribution in [0.25, 0.3) is 15.9 Å². The van der Waals surface area contributed by atoms with Crippen LogP contribution < -0.4 is 25.1 Å². The molecule has 2 aliphatic rings. The highest BCUT2D eigenvalue weighted by molar-refractivity contribution is 8.00. The number of aryl methyl sites for hydroxylation is 2. The van der Waals surface area contributed by atoms with E-state index in [0.717, 1.165) is 41.0 Å². The second kappa shape index (κ2) is 10.3. The highest BCUT2D eigenvalue weighted by Crippen LogP contribution is 2.37. The van der Waals surface area contributed by atoms with Crippen LogP contribution in [0.4, 0.5) is 0 Å². The maximum atomic E-state index is 13.9. The lowest BCUT2D eigenvalue weighted by Crippen LogP contribution is -2.31. The maximum absolute atomic E-state index is 13.9. The fourth-order valence-electron chi connectivity index (χ4n) is 4.79. The molecular formula is C28H27N3O5S2. The smallest absolute Gasteiger partial charge is 0.267 e. The average Bonchev–Trinajstić information content (AvgIpc) is 3.64. The van der Waals surface area contributed by atoms with Crippen molar-refractivity contribution in [1.82, 2.24) is 14.9 Å². The van der Waals surface area contributed by atoms with E-state index in [1.807, 2.05) is 56.3 Å². The molecule has 2 aromatic heterocycles. The van der Waals surface area contributed by atoms with Gasteiger partial charge in [0.2, 0.25) is 12.7 Å². The summed E-state index contributed by atoms with van der Waals surface area (Å²) in [4.78, 5) is 33.9. The Morgan fingerprint density at radius 3 is 2.82 bits per heavy atom. The summed E-state index contributed by atoms with van der Waals surface area (Å²) in [7, 11) is 0. The van der Waals surface area contributed by atoms with Crippen LogP contribution in [-0.2, 0) is 24.2 Å². The summed E-state index contributed by atoms with van der Waals surface area (Å²) in [5.74, 6) is 1.98. The van der Waals surface area contributed by atoms with E-state index in [4.69, 9.17) is 19.2 Å². The number of thiophene rings is 1. The number of hydrogen-bond donors (Lipinski definition) is 1. The zero-order valence-electron chi connectivity index (χ0n) is 21.1. The van der Waals surface area contributed by atoms with Crippen LogP contribution in [0, 0.1) is 0 Å². The molecule has 2 aromatic carbocycles. The molecule has 10 heteroatoms. The minimum atomic E-state index is -0.478. The second-order valence-electron chi connectivity index (χ2n) is 9.16. The van der Waals surface area contributed by atoms with Crippen molar-refractivity contribution >= 4 is 39.2 Å². The number of benzene rings is 2. The third kappa shape index (κ3) is 4.63. The molecule has 196 valence electrons. The third-order valence-electron chi connectivity index (χ3n) is 6.67. The van der Waals surface area contributed by atoms with Crippen LogP contribution in [0.2, 0.25) is 0 Å². The first kappa shape index (κ1) is 24.8. The molecule has 1 aliphatic carbocycles. The zero-order chi connectivity index (χ0) is 26.2. The normalized spacial score (nSPS) is 14.5. The van der Waals surface area contributed by atoms with Gasteiger partial charge in [0.15, 0.2) is 16.7 Å². The molecule has 3 heterocycles. The number of hydrogen-bond acceptors (Lipinski definition) is 8. The highest BCUT2D eigenvalue weighted by Gasteiger charge is 2.26. The molecule has 1 aliphatic heterocycles. The van der Waals surface area contributed by atoms with E-state index >= 15 is 0 Å². The zero-order valence-corrected chi connectivity index (χ0v) is 22.7. The van der Waals surface area contributed by atoms with Crippen LogP contribution in [0.1, 0.15) is 36.3 Å². The average molecular weight is 550 g/mol. The Balaban J connectivity index is 1.28. The van der Waals surface area contributed by atoms with E-state index < -0.39 is 5.25 Å². The number of ether oxygens (including phenoxy) is 3. The first-order valence-corrected chi connectivity index (χ1v) is 14.3. The van der Waals surface area contributed by atoms with Gasteiger partial charge in [-0.1, -0.05) is 17.8 Å². The van der Waals surface area contributed by atoms with Crippen LogP contribution in [0.15, 0.2) is 52.4 Å². The quantitative estimate of drug-likeness (QED) is 0.248. The molecule has 0 saturated carbocycles. The molecule has 1 atom stereocenters. The van der Waals surface area contributed by atoms with E-state index in [9.17, 15) is 9.59 Å². The topological polar surface area (TPSA) is 91.7 Å². The van der Waals surface area contributed by atoms with Crippen molar-refractivity contribution in [3.63, 3.8) is 0 Å². The molecule has 38 heavy (non-hydrogen) atoms. The van der Waals surface area contributed by atoms with Gasteiger partial charge in [0, 0.05) is 11.4 Å². The van der Waals surface area contributed by atoms with Crippen LogP contribution in [0.3, 0.4) is 0 Å². The van der Waals surface area contributed by atoms with Gasteiger partial charge in [0.05, 0.1) is 22.9 Å². The molecule has 6 rings (SSSR count). The minimum absolute atomic E-state index is 0.0889. The summed E-state index contributed by atoms with van der Waals surface area (Å²) in [6.07, 6.45) is 2.96. The van der Waals surface area contributed by atoms with Gasteiger partial charge < -0.3 is 19.5 Å². The molecule has 4 aromatic rings. The van der Waals surface area contributed by atoms with Gasteiger partial charge in [-0.15, -0.1) is 11.3 Å². The number of carbonyl (C=O) groups is 1. The molecule has 0 radical (unpaired) electrons. The van der Waals surface area contributed by atoms with Gasteiger partial charge in [-0.2, -0.15) is 0 Å². The van der Waals surface area contributed by atoms with Crippen molar-refractivity contribution in [2.45, 2.75) is 50.1 Å². The highest BCUT2D eigenvalue weighted by atomic mass is 32.2. The molecule has 1 amide bonds. The van der Waals surface area contributed by atoms with E-state index in [1.165, 1.54) is 16.6 Å². The maximum Gasteiger partial charge on any atom is 0.267 e. The van der Waals surface area contributed by atoms with Crippen molar-refractivity contribution in [1.29, 1.82) is 0 Å². The number of nitrogens with one attached hydrogen (secondary N) is 1. The van der Waals surface area contributed by atoms with Gasteiger partial charge in [0.25, 0.3) is 5.56 Å². The first-order chi connectivity index (χ1) is 18.5. The van der Waals surface area contributed by atoms with E-state index in [1.54, 1.807) is 15.9 Å². The number of carbonyl (C=O) groups excluding carboxylic acids is 1. The van der Waals surface area contributed by atoms with Gasteiger partial charge in [-0.3, -0.25) is 14.2 Å². The van der Waals surface area contributed by atoms with Crippen molar-refractivity contribution < 1.29 is 19.0 Å². The Labute approximate surface area is 227 Å². The fourth-order valence-corrected chi connectivity index (χ4v) is 7.04. The van der Waals surface area contributed by atoms with Crippen molar-refractivity contribution in [2.75, 3.05) is 13.4 Å². The van der Waals surface area contributed by atoms with E-state index in [-0.39, 0.29) is 18.3 Å². The SMILES string of the molecule is CCOc1ccc(-n2c(S[C@@H](C)C(=O)NCc3ccc4c(c3)OCO4)nc3sc4c(c3c2=O)CCC4)cc1. The minimum Gasteiger partial charge on any atom is -0.494 e. The first-order valence-electron chi connectivity index (χ1n) is 12.6. The number of fused-ring (bicyclic) bond motifs is 4. The Morgan fingerprint density at radius 1 is 1.18 bits per heavy atom. The van der Waals surface area contributed by atoms with Crippen molar-refractivity contribution in [2.24, 2.45) is 0 Å². The molecule has 0 unspecified atom stereocenters. The molecule has 0 bridgehead atoms. The summed E-state index contributed by atoms with van der Waals surface area (Å²) in [5.41, 5.74) is 2.65. The number of nitrogens with zero attached hydrogens (tertiary/aromatic N) is 2. The van der Waals surface area contributed by atoms with Crippen molar-refractivity contribution in [3.8, 4) is 22.9 Å². The molecule has 0 saturated heterocycles. The van der Waals surface area contributed by atoms with Gasteiger partial charge in [0.1, 0.15) is 10.6 Å². The van der Waals surface area contributed by atoms with Crippen molar-refractivity contribution in [3.05, 3.63) is 68.8 Å². The Bertz CT molecular complexity index is 1580. The number of thioether (sulfide) groups is 1. The monoisotopic (exact) mass is 549 g/mol. The van der Waals surface area contributed by atoms with Gasteiger partial charge in [-0.05, 0) is 80.6 Å². The Morgan fingerprint density at radius 2 is 2.00 bits per heavy atom. The summed E-state index contributed by atoms with van der Waals surface area (Å²) < 4.78 is 18.0. The lowest BCUT2D eigenvalue weighted by molar-refractivity contribution is -0.120. The predicted octanol–water partition coefficient (Wildman–Crippen LogP) is 4.86. The van der Waals surface area contributed by atoms with E-state index in [2.05, 4.69) is 5.32 Å². The predicted molar refractivity (Wildman–Crippen MR) is 148 cm³/mol. The van der Waals surface area contributed by atoms with Crippen LogP contribution in [-0.4, -0.2) is 34.1 Å². The lowest BCUT2D eigenvalue weighted by Gasteiger charge is -2.16. The Kier molecular flexibility index (Phi) is 6.75. The van der Waals surface area contributed by atoms with Crippen LogP contribution >= 0.6 is 23.1 Å². The summed E-state index contributed by atoms with van der Waals surface area (Å²) >= 11 is 2.88. The summed E-state index contributed by atoms with van der Waals surface area (Å²) in [5, 5.41) is 3.72. The molecule has 0 fully saturated rings. The molecule has 8 nitrogen and oxygen atoms in total. The molecular weight excluding hydrogens is 522 g/mol. The molecule has 0 spiro atoms. The second-order valence-corrected chi connectivity index (χ2v) is 11.6. The number of rotatable bonds is 8. The largest absolute Gasteiger partial charge is 0.494 e. The third-order valence-corrected chi connectivity index (χ3v) is 8.91. The van der Waals surface area contributed by atoms with Gasteiger partial charge >= 0.3 is 0 Å². The molecule has 1 N–H and O–H groups in total. The summed E-state index contributed by atoms with van der Waals surface area (Å²) in [6.45, 7) is 4.89. The summed E-state index contributed by atoms with van der Waals surface area (Å²) in [6, 6.07) is 13.0. The van der Waals surface area contributed by atoms with Gasteiger partial charge in [-0.25, -0.2) is 4.98 Å². The number of amides is 1. The van der Waals surface area contributed by atoms with E-state index in [0.29, 0.717) is 40.9 Å². The van der Waals surface area contributed by atoms with Crippen LogP contribution in [0.5, 0.6) is 17.2 Å². The number of aromatic nitrogens is 2. The lowest BCUT2D eigenvalue weighted by atomic mass is 10.2. The standard InChI is InChI=1S/C28H27N3O5S2/c1-3-34-19-10-8-18(9-11-19)31-27(33)24-20-5-4-6-23(20)38-26(24)30-28(31)37-16(2)25(32)29-14-17-7-12-21-22(13-17)36-15-35-21/h7-13,16H,3-6,14-15H2,1-2H3,(H,29,32)/t16-/m0/s1. The Hall–Kier alpha value is -3.50.